The van der Waals surface area contributed by atoms with Crippen LogP contribution in [0.5, 0.6) is 0 Å². The number of azo groups is 1. The smallest absolute Gasteiger partial charge is 0.182 e. The maximum absolute atomic E-state index is 9.28. The Balaban J connectivity index is 2.08. The standard InChI is InChI=1S/C17H18N4O/c1-11-5-4-6-15(12(11)2)19-20-17-13(3)18-16-8-7-14(10-22)9-21(16)17/h4-9,22H,10H2,1-3H3. The lowest BCUT2D eigenvalue weighted by Gasteiger charge is -2.03. The maximum Gasteiger partial charge on any atom is 0.182 e. The second-order valence-corrected chi connectivity index (χ2v) is 5.36. The lowest BCUT2D eigenvalue weighted by atomic mass is 10.1. The highest BCUT2D eigenvalue weighted by atomic mass is 16.3. The first kappa shape index (κ1) is 14.4. The normalized spacial score (nSPS) is 11.6. The average molecular weight is 294 g/mol. The van der Waals surface area contributed by atoms with Gasteiger partial charge in [-0.1, -0.05) is 18.2 Å². The predicted octanol–water partition coefficient (Wildman–Crippen LogP) is 4.17. The van der Waals surface area contributed by atoms with Crippen LogP contribution in [0.25, 0.3) is 5.65 Å². The van der Waals surface area contributed by atoms with Gasteiger partial charge in [0.2, 0.25) is 0 Å². The van der Waals surface area contributed by atoms with Crippen LogP contribution < -0.4 is 0 Å². The number of aryl methyl sites for hydroxylation is 2. The van der Waals surface area contributed by atoms with Crippen LogP contribution >= 0.6 is 0 Å². The summed E-state index contributed by atoms with van der Waals surface area (Å²) in [6.45, 7) is 5.99. The molecule has 3 aromatic rings. The number of aliphatic hydroxyl groups excluding tert-OH is 1. The van der Waals surface area contributed by atoms with E-state index in [9.17, 15) is 5.11 Å². The molecule has 0 bridgehead atoms. The van der Waals surface area contributed by atoms with E-state index in [2.05, 4.69) is 28.2 Å². The number of rotatable bonds is 3. The fraction of sp³-hybridized carbons (Fsp3) is 0.235. The summed E-state index contributed by atoms with van der Waals surface area (Å²) < 4.78 is 1.86. The second-order valence-electron chi connectivity index (χ2n) is 5.36. The topological polar surface area (TPSA) is 62.2 Å². The van der Waals surface area contributed by atoms with Crippen molar-refractivity contribution in [3.63, 3.8) is 0 Å². The van der Waals surface area contributed by atoms with Gasteiger partial charge in [0.25, 0.3) is 0 Å². The Morgan fingerprint density at radius 1 is 1.09 bits per heavy atom. The largest absolute Gasteiger partial charge is 0.392 e. The number of hydrogen-bond donors (Lipinski definition) is 1. The van der Waals surface area contributed by atoms with Crippen LogP contribution in [0.1, 0.15) is 22.4 Å². The summed E-state index contributed by atoms with van der Waals surface area (Å²) >= 11 is 0. The number of imidazole rings is 1. The summed E-state index contributed by atoms with van der Waals surface area (Å²) in [4.78, 5) is 4.47. The summed E-state index contributed by atoms with van der Waals surface area (Å²) in [6.07, 6.45) is 1.84. The van der Waals surface area contributed by atoms with Crippen molar-refractivity contribution in [1.29, 1.82) is 0 Å². The summed E-state index contributed by atoms with van der Waals surface area (Å²) in [6, 6.07) is 9.70. The van der Waals surface area contributed by atoms with Crippen LogP contribution in [0, 0.1) is 20.8 Å². The Morgan fingerprint density at radius 3 is 2.68 bits per heavy atom. The fourth-order valence-corrected chi connectivity index (χ4v) is 2.35. The molecule has 112 valence electrons. The molecule has 1 N–H and O–H groups in total. The third-order valence-corrected chi connectivity index (χ3v) is 3.83. The SMILES string of the molecule is Cc1cccc(N=Nc2c(C)nc3ccc(CO)cn23)c1C. The monoisotopic (exact) mass is 294 g/mol. The number of pyridine rings is 1. The molecule has 0 fully saturated rings. The van der Waals surface area contributed by atoms with Gasteiger partial charge >= 0.3 is 0 Å². The van der Waals surface area contributed by atoms with Crippen LogP contribution in [0.2, 0.25) is 0 Å². The van der Waals surface area contributed by atoms with Gasteiger partial charge in [-0.25, -0.2) is 4.98 Å². The summed E-state index contributed by atoms with van der Waals surface area (Å²) in [5.74, 6) is 0.686. The number of aromatic nitrogens is 2. The first-order valence-corrected chi connectivity index (χ1v) is 7.16. The van der Waals surface area contributed by atoms with Crippen LogP contribution in [0.4, 0.5) is 11.5 Å². The van der Waals surface area contributed by atoms with E-state index in [1.807, 2.05) is 48.7 Å². The number of fused-ring (bicyclic) bond motifs is 1. The molecule has 2 aromatic heterocycles. The van der Waals surface area contributed by atoms with Crippen LogP contribution in [0.15, 0.2) is 46.8 Å². The molecule has 0 unspecified atom stereocenters. The van der Waals surface area contributed by atoms with E-state index in [0.29, 0.717) is 5.82 Å². The van der Waals surface area contributed by atoms with Crippen molar-refractivity contribution in [2.45, 2.75) is 27.4 Å². The number of aliphatic hydroxyl groups is 1. The highest BCUT2D eigenvalue weighted by molar-refractivity contribution is 5.53. The Hall–Kier alpha value is -2.53. The molecule has 5 nitrogen and oxygen atoms in total. The molecule has 0 saturated carbocycles. The first-order valence-electron chi connectivity index (χ1n) is 7.16. The summed E-state index contributed by atoms with van der Waals surface area (Å²) in [5.41, 5.74) is 5.58. The Labute approximate surface area is 129 Å². The van der Waals surface area contributed by atoms with Gasteiger partial charge in [-0.3, -0.25) is 4.40 Å². The number of nitrogens with zero attached hydrogens (tertiary/aromatic N) is 4. The molecule has 0 aliphatic carbocycles. The molecule has 0 spiro atoms. The molecule has 0 aliphatic heterocycles. The minimum absolute atomic E-state index is 0.0132. The molecular weight excluding hydrogens is 276 g/mol. The molecule has 0 aliphatic rings. The lowest BCUT2D eigenvalue weighted by Crippen LogP contribution is -1.89. The van der Waals surface area contributed by atoms with E-state index in [-0.39, 0.29) is 6.61 Å². The van der Waals surface area contributed by atoms with Crippen molar-refractivity contribution in [1.82, 2.24) is 9.38 Å². The molecule has 5 heteroatoms. The van der Waals surface area contributed by atoms with Gasteiger partial charge < -0.3 is 5.11 Å². The van der Waals surface area contributed by atoms with Crippen molar-refractivity contribution in [2.24, 2.45) is 10.2 Å². The first-order chi connectivity index (χ1) is 10.6. The van der Waals surface area contributed by atoms with Gasteiger partial charge in [0, 0.05) is 6.20 Å². The van der Waals surface area contributed by atoms with Gasteiger partial charge in [-0.2, -0.15) is 0 Å². The Bertz CT molecular complexity index is 864. The van der Waals surface area contributed by atoms with Crippen LogP contribution in [-0.4, -0.2) is 14.5 Å². The van der Waals surface area contributed by atoms with E-state index in [1.54, 1.807) is 0 Å². The Morgan fingerprint density at radius 2 is 1.91 bits per heavy atom. The van der Waals surface area contributed by atoms with Gasteiger partial charge in [-0.15, -0.1) is 10.2 Å². The molecule has 22 heavy (non-hydrogen) atoms. The van der Waals surface area contributed by atoms with Gasteiger partial charge in [0.1, 0.15) is 5.65 Å². The van der Waals surface area contributed by atoms with E-state index in [1.165, 1.54) is 5.56 Å². The predicted molar refractivity (Wildman–Crippen MR) is 85.9 cm³/mol. The highest BCUT2D eigenvalue weighted by Crippen LogP contribution is 2.26. The minimum atomic E-state index is -0.0132. The lowest BCUT2D eigenvalue weighted by molar-refractivity contribution is 0.281. The highest BCUT2D eigenvalue weighted by Gasteiger charge is 2.09. The molecule has 0 radical (unpaired) electrons. The summed E-state index contributed by atoms with van der Waals surface area (Å²) in [7, 11) is 0. The van der Waals surface area contributed by atoms with Crippen molar-refractivity contribution in [2.75, 3.05) is 0 Å². The molecule has 0 amide bonds. The maximum atomic E-state index is 9.28. The zero-order valence-electron chi connectivity index (χ0n) is 12.9. The van der Waals surface area contributed by atoms with E-state index in [0.717, 1.165) is 28.2 Å². The molecule has 3 rings (SSSR count). The molecular formula is C17H18N4O. The van der Waals surface area contributed by atoms with E-state index in [4.69, 9.17) is 0 Å². The fourth-order valence-electron chi connectivity index (χ4n) is 2.35. The van der Waals surface area contributed by atoms with E-state index >= 15 is 0 Å². The molecule has 2 heterocycles. The summed E-state index contributed by atoms with van der Waals surface area (Å²) in [5, 5.41) is 18.0. The van der Waals surface area contributed by atoms with Gasteiger partial charge in [-0.05, 0) is 49.6 Å². The van der Waals surface area contributed by atoms with Crippen LogP contribution in [0.3, 0.4) is 0 Å². The average Bonchev–Trinajstić information content (AvgIpc) is 2.83. The number of benzene rings is 1. The zero-order valence-corrected chi connectivity index (χ0v) is 12.9. The van der Waals surface area contributed by atoms with Crippen molar-refractivity contribution >= 4 is 17.2 Å². The quantitative estimate of drug-likeness (QED) is 0.737. The van der Waals surface area contributed by atoms with Crippen molar-refractivity contribution in [3.8, 4) is 0 Å². The zero-order chi connectivity index (χ0) is 15.7. The second kappa shape index (κ2) is 5.69. The minimum Gasteiger partial charge on any atom is -0.392 e. The molecule has 1 aromatic carbocycles. The van der Waals surface area contributed by atoms with Crippen LogP contribution in [-0.2, 0) is 6.61 Å². The van der Waals surface area contributed by atoms with Crippen molar-refractivity contribution < 1.29 is 5.11 Å². The van der Waals surface area contributed by atoms with Gasteiger partial charge in [0.15, 0.2) is 5.82 Å². The Kier molecular flexibility index (Phi) is 3.73. The van der Waals surface area contributed by atoms with Gasteiger partial charge in [0.05, 0.1) is 18.0 Å². The number of hydrogen-bond acceptors (Lipinski definition) is 4. The third kappa shape index (κ3) is 2.51. The molecule has 0 atom stereocenters. The van der Waals surface area contributed by atoms with E-state index < -0.39 is 0 Å². The van der Waals surface area contributed by atoms with Crippen molar-refractivity contribution in [3.05, 3.63) is 58.9 Å². The third-order valence-electron chi connectivity index (χ3n) is 3.83. The molecule has 0 saturated heterocycles.